The molecule has 0 aliphatic carbocycles. The van der Waals surface area contributed by atoms with Crippen molar-refractivity contribution in [3.05, 3.63) is 34.9 Å². The molecule has 168 valence electrons. The van der Waals surface area contributed by atoms with Gasteiger partial charge in [0.25, 0.3) is 17.7 Å². The Hall–Kier alpha value is -2.74. The molecule has 2 aliphatic heterocycles. The smallest absolute Gasteiger partial charge is 0.261 e. The predicted octanol–water partition coefficient (Wildman–Crippen LogP) is 2.04. The van der Waals surface area contributed by atoms with Gasteiger partial charge in [0.2, 0.25) is 5.91 Å². The summed E-state index contributed by atoms with van der Waals surface area (Å²) in [5.41, 5.74) is 0.528. The number of amides is 4. The molecule has 1 fully saturated rings. The van der Waals surface area contributed by atoms with Crippen LogP contribution in [0.4, 0.5) is 0 Å². The number of methoxy groups -OCH3 is 1. The number of carbonyl (C=O) groups is 4. The summed E-state index contributed by atoms with van der Waals surface area (Å²) in [4.78, 5) is 55.7. The van der Waals surface area contributed by atoms with Crippen LogP contribution >= 0.6 is 0 Å². The molecule has 0 aromatic heterocycles. The van der Waals surface area contributed by atoms with E-state index in [1.807, 2.05) is 25.7 Å². The highest BCUT2D eigenvalue weighted by Crippen LogP contribution is 2.25. The number of ether oxygens (including phenoxy) is 1. The highest BCUT2D eigenvalue weighted by atomic mass is 16.5. The summed E-state index contributed by atoms with van der Waals surface area (Å²) >= 11 is 0. The first-order chi connectivity index (χ1) is 14.6. The minimum Gasteiger partial charge on any atom is -0.385 e. The average Bonchev–Trinajstić information content (AvgIpc) is 2.90. The molecule has 1 aromatic rings. The number of benzene rings is 1. The standard InChI is InChI=1S/C23H31N3O5/c1-23(2,3)22(30)25-10-5-9-24(12-13-25)19(27)16-7-8-17-18(15-16)21(29)26(20(17)28)11-6-14-31-4/h7-8,15H,5-6,9-14H2,1-4H3. The maximum atomic E-state index is 13.1. The second kappa shape index (κ2) is 9.18. The molecule has 2 aliphatic rings. The Kier molecular flexibility index (Phi) is 6.79. The van der Waals surface area contributed by atoms with Crippen molar-refractivity contribution in [3.63, 3.8) is 0 Å². The van der Waals surface area contributed by atoms with Crippen molar-refractivity contribution in [3.8, 4) is 0 Å². The van der Waals surface area contributed by atoms with Gasteiger partial charge in [-0.1, -0.05) is 20.8 Å². The van der Waals surface area contributed by atoms with Crippen LogP contribution in [0.5, 0.6) is 0 Å². The molecule has 1 saturated heterocycles. The monoisotopic (exact) mass is 429 g/mol. The number of rotatable bonds is 5. The second-order valence-electron chi connectivity index (χ2n) is 9.06. The summed E-state index contributed by atoms with van der Waals surface area (Å²) in [5.74, 6) is -0.812. The van der Waals surface area contributed by atoms with Gasteiger partial charge in [-0.15, -0.1) is 0 Å². The molecule has 0 spiro atoms. The second-order valence-corrected chi connectivity index (χ2v) is 9.06. The van der Waals surface area contributed by atoms with E-state index in [9.17, 15) is 19.2 Å². The molecule has 0 radical (unpaired) electrons. The van der Waals surface area contributed by atoms with Gasteiger partial charge in [0.05, 0.1) is 11.1 Å². The lowest BCUT2D eigenvalue weighted by molar-refractivity contribution is -0.139. The molecular formula is C23H31N3O5. The van der Waals surface area contributed by atoms with Gasteiger partial charge in [0.1, 0.15) is 0 Å². The van der Waals surface area contributed by atoms with Crippen molar-refractivity contribution in [2.75, 3.05) is 46.4 Å². The van der Waals surface area contributed by atoms with Crippen LogP contribution in [0.1, 0.15) is 64.7 Å². The Bertz CT molecular complexity index is 890. The van der Waals surface area contributed by atoms with Gasteiger partial charge < -0.3 is 14.5 Å². The number of fused-ring (bicyclic) bond motifs is 1. The molecule has 2 heterocycles. The van der Waals surface area contributed by atoms with E-state index < -0.39 is 5.41 Å². The minimum absolute atomic E-state index is 0.0806. The van der Waals surface area contributed by atoms with Gasteiger partial charge in [-0.3, -0.25) is 24.1 Å². The van der Waals surface area contributed by atoms with Gasteiger partial charge in [-0.05, 0) is 31.0 Å². The van der Waals surface area contributed by atoms with E-state index in [0.29, 0.717) is 56.8 Å². The largest absolute Gasteiger partial charge is 0.385 e. The first-order valence-electron chi connectivity index (χ1n) is 10.7. The van der Waals surface area contributed by atoms with Gasteiger partial charge in [-0.2, -0.15) is 0 Å². The zero-order valence-electron chi connectivity index (χ0n) is 18.8. The maximum absolute atomic E-state index is 13.1. The zero-order chi connectivity index (χ0) is 22.8. The Morgan fingerprint density at radius 2 is 1.61 bits per heavy atom. The van der Waals surface area contributed by atoms with Gasteiger partial charge in [0.15, 0.2) is 0 Å². The van der Waals surface area contributed by atoms with Crippen LogP contribution in [-0.2, 0) is 9.53 Å². The SMILES string of the molecule is COCCCN1C(=O)c2ccc(C(=O)N3CCCN(C(=O)C(C)(C)C)CC3)cc2C1=O. The van der Waals surface area contributed by atoms with Crippen LogP contribution in [0.2, 0.25) is 0 Å². The fourth-order valence-corrected chi connectivity index (χ4v) is 3.97. The molecule has 31 heavy (non-hydrogen) atoms. The molecule has 0 atom stereocenters. The lowest BCUT2D eigenvalue weighted by atomic mass is 9.94. The van der Waals surface area contributed by atoms with Crippen molar-refractivity contribution in [1.29, 1.82) is 0 Å². The topological polar surface area (TPSA) is 87.2 Å². The summed E-state index contributed by atoms with van der Waals surface area (Å²) in [6.45, 7) is 8.51. The third kappa shape index (κ3) is 4.79. The fourth-order valence-electron chi connectivity index (χ4n) is 3.97. The highest BCUT2D eigenvalue weighted by molar-refractivity contribution is 6.22. The van der Waals surface area contributed by atoms with Crippen LogP contribution < -0.4 is 0 Å². The van der Waals surface area contributed by atoms with Crippen LogP contribution in [0.15, 0.2) is 18.2 Å². The summed E-state index contributed by atoms with van der Waals surface area (Å²) < 4.78 is 4.99. The number of imide groups is 1. The predicted molar refractivity (Wildman–Crippen MR) is 115 cm³/mol. The van der Waals surface area contributed by atoms with Crippen LogP contribution in [-0.4, -0.2) is 84.8 Å². The van der Waals surface area contributed by atoms with E-state index in [-0.39, 0.29) is 35.7 Å². The summed E-state index contributed by atoms with van der Waals surface area (Å²) in [5, 5.41) is 0. The van der Waals surface area contributed by atoms with Crippen LogP contribution in [0.3, 0.4) is 0 Å². The summed E-state index contributed by atoms with van der Waals surface area (Å²) in [7, 11) is 1.57. The maximum Gasteiger partial charge on any atom is 0.261 e. The van der Waals surface area contributed by atoms with E-state index in [1.165, 1.54) is 11.0 Å². The van der Waals surface area contributed by atoms with Gasteiger partial charge in [-0.25, -0.2) is 0 Å². The zero-order valence-corrected chi connectivity index (χ0v) is 18.8. The summed E-state index contributed by atoms with van der Waals surface area (Å²) in [6.07, 6.45) is 1.26. The lowest BCUT2D eigenvalue weighted by Crippen LogP contribution is -2.42. The van der Waals surface area contributed by atoms with Crippen molar-refractivity contribution < 1.29 is 23.9 Å². The van der Waals surface area contributed by atoms with Gasteiger partial charge in [0, 0.05) is 57.4 Å². The van der Waals surface area contributed by atoms with Gasteiger partial charge >= 0.3 is 0 Å². The molecule has 0 bridgehead atoms. The average molecular weight is 430 g/mol. The first-order valence-corrected chi connectivity index (χ1v) is 10.7. The number of carbonyl (C=O) groups excluding carboxylic acids is 4. The Balaban J connectivity index is 1.71. The number of hydrogen-bond donors (Lipinski definition) is 0. The van der Waals surface area contributed by atoms with E-state index in [1.54, 1.807) is 24.1 Å². The molecule has 0 N–H and O–H groups in total. The Labute approximate surface area is 183 Å². The molecule has 8 nitrogen and oxygen atoms in total. The molecule has 0 saturated carbocycles. The molecule has 8 heteroatoms. The number of hydrogen-bond acceptors (Lipinski definition) is 5. The highest BCUT2D eigenvalue weighted by Gasteiger charge is 2.36. The third-order valence-corrected chi connectivity index (χ3v) is 5.66. The van der Waals surface area contributed by atoms with Crippen molar-refractivity contribution >= 4 is 23.6 Å². The van der Waals surface area contributed by atoms with E-state index in [4.69, 9.17) is 4.74 Å². The first kappa shape index (κ1) is 22.9. The Morgan fingerprint density at radius 3 is 2.29 bits per heavy atom. The minimum atomic E-state index is -0.457. The van der Waals surface area contributed by atoms with E-state index >= 15 is 0 Å². The van der Waals surface area contributed by atoms with E-state index in [0.717, 1.165) is 0 Å². The molecule has 4 amide bonds. The van der Waals surface area contributed by atoms with Crippen molar-refractivity contribution in [2.24, 2.45) is 5.41 Å². The Morgan fingerprint density at radius 1 is 0.968 bits per heavy atom. The van der Waals surface area contributed by atoms with Crippen molar-refractivity contribution in [1.82, 2.24) is 14.7 Å². The molecule has 0 unspecified atom stereocenters. The third-order valence-electron chi connectivity index (χ3n) is 5.66. The van der Waals surface area contributed by atoms with Crippen molar-refractivity contribution in [2.45, 2.75) is 33.6 Å². The van der Waals surface area contributed by atoms with Crippen LogP contribution in [0.25, 0.3) is 0 Å². The molecule has 3 rings (SSSR count). The van der Waals surface area contributed by atoms with E-state index in [2.05, 4.69) is 0 Å². The number of nitrogens with zero attached hydrogens (tertiary/aromatic N) is 3. The lowest BCUT2D eigenvalue weighted by Gasteiger charge is -2.28. The summed E-state index contributed by atoms with van der Waals surface area (Å²) in [6, 6.07) is 4.69. The molecule has 1 aromatic carbocycles. The molecular weight excluding hydrogens is 398 g/mol. The normalized spacial score (nSPS) is 17.1. The fraction of sp³-hybridized carbons (Fsp3) is 0.565. The quantitative estimate of drug-likeness (QED) is 0.528. The van der Waals surface area contributed by atoms with Crippen LogP contribution in [0, 0.1) is 5.41 Å².